The Morgan fingerprint density at radius 2 is 2.22 bits per heavy atom. The lowest BCUT2D eigenvalue weighted by Crippen LogP contribution is -1.96. The molecule has 0 radical (unpaired) electrons. The number of rotatable bonds is 3. The zero-order valence-corrected chi connectivity index (χ0v) is 10.8. The molecule has 1 heterocycles. The van der Waals surface area contributed by atoms with E-state index in [-0.39, 0.29) is 5.56 Å². The van der Waals surface area contributed by atoms with Crippen molar-refractivity contribution < 1.29 is 14.4 Å². The number of aromatic carboxylic acids is 1. The van der Waals surface area contributed by atoms with Gasteiger partial charge in [0.2, 0.25) is 11.7 Å². The summed E-state index contributed by atoms with van der Waals surface area (Å²) in [5, 5.41) is 12.8. The van der Waals surface area contributed by atoms with Crippen molar-refractivity contribution in [3.05, 3.63) is 34.1 Å². The molecule has 1 aromatic carbocycles. The van der Waals surface area contributed by atoms with Crippen LogP contribution in [0.3, 0.4) is 0 Å². The number of carboxylic acids is 1. The summed E-state index contributed by atoms with van der Waals surface area (Å²) in [4.78, 5) is 15.2. The van der Waals surface area contributed by atoms with Gasteiger partial charge in [0.25, 0.3) is 0 Å². The van der Waals surface area contributed by atoms with E-state index in [4.69, 9.17) is 9.63 Å². The zero-order valence-electron chi connectivity index (χ0n) is 9.26. The molecule has 18 heavy (non-hydrogen) atoms. The Balaban J connectivity index is 1.97. The van der Waals surface area contributed by atoms with E-state index in [9.17, 15) is 4.79 Å². The van der Waals surface area contributed by atoms with E-state index >= 15 is 0 Å². The second-order valence-electron chi connectivity index (χ2n) is 4.23. The molecule has 0 saturated heterocycles. The molecule has 0 amide bonds. The highest BCUT2D eigenvalue weighted by Crippen LogP contribution is 2.40. The van der Waals surface area contributed by atoms with Crippen LogP contribution < -0.4 is 0 Å². The molecular formula is C12H9BrN2O3. The predicted octanol–water partition coefficient (Wildman–Crippen LogP) is 3.07. The van der Waals surface area contributed by atoms with Gasteiger partial charge in [0.1, 0.15) is 0 Å². The van der Waals surface area contributed by atoms with Crippen LogP contribution in [0, 0.1) is 0 Å². The molecule has 3 rings (SSSR count). The van der Waals surface area contributed by atoms with E-state index < -0.39 is 5.97 Å². The highest BCUT2D eigenvalue weighted by Gasteiger charge is 2.30. The fraction of sp³-hybridized carbons (Fsp3) is 0.250. The van der Waals surface area contributed by atoms with E-state index in [0.717, 1.165) is 18.4 Å². The topological polar surface area (TPSA) is 76.2 Å². The number of hydrogen-bond donors (Lipinski definition) is 1. The molecular weight excluding hydrogens is 300 g/mol. The molecule has 5 nitrogen and oxygen atoms in total. The number of aromatic nitrogens is 2. The molecule has 92 valence electrons. The minimum absolute atomic E-state index is 0.219. The fourth-order valence-corrected chi connectivity index (χ4v) is 2.23. The summed E-state index contributed by atoms with van der Waals surface area (Å²) in [6.45, 7) is 0. The summed E-state index contributed by atoms with van der Waals surface area (Å²) in [5.74, 6) is 0.595. The molecule has 0 aliphatic heterocycles. The smallest absolute Gasteiger partial charge is 0.335 e. The number of carbonyl (C=O) groups is 1. The Morgan fingerprint density at radius 3 is 2.83 bits per heavy atom. The van der Waals surface area contributed by atoms with Crippen LogP contribution in [-0.2, 0) is 0 Å². The third kappa shape index (κ3) is 2.03. The molecule has 6 heteroatoms. The molecule has 0 unspecified atom stereocenters. The van der Waals surface area contributed by atoms with Crippen LogP contribution in [0.1, 0.15) is 35.0 Å². The Labute approximate surface area is 111 Å². The van der Waals surface area contributed by atoms with Crippen molar-refractivity contribution in [2.75, 3.05) is 0 Å². The maximum Gasteiger partial charge on any atom is 0.335 e. The quantitative estimate of drug-likeness (QED) is 0.943. The van der Waals surface area contributed by atoms with E-state index in [2.05, 4.69) is 26.1 Å². The van der Waals surface area contributed by atoms with Gasteiger partial charge in [-0.3, -0.25) is 0 Å². The lowest BCUT2D eigenvalue weighted by molar-refractivity contribution is 0.0697. The van der Waals surface area contributed by atoms with Crippen LogP contribution in [0.4, 0.5) is 0 Å². The third-order valence-corrected chi connectivity index (χ3v) is 3.48. The van der Waals surface area contributed by atoms with Crippen molar-refractivity contribution in [2.45, 2.75) is 18.8 Å². The van der Waals surface area contributed by atoms with Crippen molar-refractivity contribution in [1.29, 1.82) is 0 Å². The first-order valence-electron chi connectivity index (χ1n) is 5.52. The number of carboxylic acid groups (broad SMARTS) is 1. The summed E-state index contributed by atoms with van der Waals surface area (Å²) in [5.41, 5.74) is 0.951. The van der Waals surface area contributed by atoms with Gasteiger partial charge in [0.05, 0.1) is 5.56 Å². The standard InChI is InChI=1S/C12H9BrN2O3/c13-9-5-7(12(16)17)3-4-8(9)10-14-11(18-15-10)6-1-2-6/h3-6H,1-2H2,(H,16,17). The Kier molecular flexibility index (Phi) is 2.66. The Morgan fingerprint density at radius 1 is 1.44 bits per heavy atom. The van der Waals surface area contributed by atoms with Gasteiger partial charge in [-0.2, -0.15) is 4.98 Å². The summed E-state index contributed by atoms with van der Waals surface area (Å²) in [6, 6.07) is 4.73. The number of benzene rings is 1. The average molecular weight is 309 g/mol. The lowest BCUT2D eigenvalue weighted by atomic mass is 10.1. The van der Waals surface area contributed by atoms with Crippen LogP contribution in [-0.4, -0.2) is 21.2 Å². The zero-order chi connectivity index (χ0) is 12.7. The molecule has 1 aromatic heterocycles. The monoisotopic (exact) mass is 308 g/mol. The lowest BCUT2D eigenvalue weighted by Gasteiger charge is -2.00. The van der Waals surface area contributed by atoms with Crippen molar-refractivity contribution in [3.8, 4) is 11.4 Å². The molecule has 0 bridgehead atoms. The number of hydrogen-bond acceptors (Lipinski definition) is 4. The van der Waals surface area contributed by atoms with Gasteiger partial charge in [-0.1, -0.05) is 21.1 Å². The van der Waals surface area contributed by atoms with Gasteiger partial charge >= 0.3 is 5.97 Å². The van der Waals surface area contributed by atoms with Gasteiger partial charge in [-0.05, 0) is 31.0 Å². The van der Waals surface area contributed by atoms with Gasteiger partial charge in [-0.15, -0.1) is 0 Å². The third-order valence-electron chi connectivity index (χ3n) is 2.83. The summed E-state index contributed by atoms with van der Waals surface area (Å²) >= 11 is 3.33. The highest BCUT2D eigenvalue weighted by atomic mass is 79.9. The van der Waals surface area contributed by atoms with Gasteiger partial charge in [-0.25, -0.2) is 4.79 Å². The molecule has 0 spiro atoms. The Hall–Kier alpha value is -1.69. The van der Waals surface area contributed by atoms with Crippen LogP contribution >= 0.6 is 15.9 Å². The minimum Gasteiger partial charge on any atom is -0.478 e. The largest absolute Gasteiger partial charge is 0.478 e. The first-order valence-corrected chi connectivity index (χ1v) is 6.31. The van der Waals surface area contributed by atoms with Crippen LogP contribution in [0.25, 0.3) is 11.4 Å². The molecule has 2 aromatic rings. The van der Waals surface area contributed by atoms with Crippen LogP contribution in [0.15, 0.2) is 27.2 Å². The van der Waals surface area contributed by atoms with Gasteiger partial charge in [0, 0.05) is 16.0 Å². The second-order valence-corrected chi connectivity index (χ2v) is 5.08. The van der Waals surface area contributed by atoms with Crippen LogP contribution in [0.2, 0.25) is 0 Å². The SMILES string of the molecule is O=C(O)c1ccc(-c2noc(C3CC3)n2)c(Br)c1. The number of nitrogens with zero attached hydrogens (tertiary/aromatic N) is 2. The summed E-state index contributed by atoms with van der Waals surface area (Å²) < 4.78 is 5.82. The Bertz CT molecular complexity index is 620. The summed E-state index contributed by atoms with van der Waals surface area (Å²) in [6.07, 6.45) is 2.20. The fourth-order valence-electron chi connectivity index (χ4n) is 1.67. The predicted molar refractivity (Wildman–Crippen MR) is 66.4 cm³/mol. The van der Waals surface area contributed by atoms with Crippen molar-refractivity contribution in [3.63, 3.8) is 0 Å². The molecule has 1 N–H and O–H groups in total. The van der Waals surface area contributed by atoms with Crippen LogP contribution in [0.5, 0.6) is 0 Å². The number of halogens is 1. The molecule has 1 fully saturated rings. The maximum atomic E-state index is 10.8. The summed E-state index contributed by atoms with van der Waals surface area (Å²) in [7, 11) is 0. The van der Waals surface area contributed by atoms with Crippen molar-refractivity contribution in [2.24, 2.45) is 0 Å². The minimum atomic E-state index is -0.964. The van der Waals surface area contributed by atoms with Crippen molar-refractivity contribution >= 4 is 21.9 Å². The molecule has 0 atom stereocenters. The van der Waals surface area contributed by atoms with E-state index in [1.807, 2.05) is 0 Å². The van der Waals surface area contributed by atoms with E-state index in [0.29, 0.717) is 22.1 Å². The van der Waals surface area contributed by atoms with Gasteiger partial charge < -0.3 is 9.63 Å². The molecule has 1 aliphatic carbocycles. The maximum absolute atomic E-state index is 10.8. The molecule has 1 aliphatic rings. The molecule has 1 saturated carbocycles. The first kappa shape index (κ1) is 11.4. The highest BCUT2D eigenvalue weighted by molar-refractivity contribution is 9.10. The van der Waals surface area contributed by atoms with E-state index in [1.165, 1.54) is 12.1 Å². The normalized spacial score (nSPS) is 14.7. The second kappa shape index (κ2) is 4.20. The van der Waals surface area contributed by atoms with Crippen molar-refractivity contribution in [1.82, 2.24) is 10.1 Å². The van der Waals surface area contributed by atoms with E-state index in [1.54, 1.807) is 6.07 Å². The first-order chi connectivity index (χ1) is 8.65. The van der Waals surface area contributed by atoms with Gasteiger partial charge in [0.15, 0.2) is 0 Å². The average Bonchev–Trinajstić information content (AvgIpc) is 3.08.